The van der Waals surface area contributed by atoms with Gasteiger partial charge >= 0.3 is 0 Å². The van der Waals surface area contributed by atoms with Crippen LogP contribution in [0.15, 0.2) is 48.5 Å². The third-order valence-corrected chi connectivity index (χ3v) is 5.90. The second-order valence-electron chi connectivity index (χ2n) is 8.52. The SMILES string of the molecule is CN(C)c1nc(N[C@H]2CC[C@@H](CNCc3cccc(N)c3)CC2)nc2ccccc12. The van der Waals surface area contributed by atoms with Gasteiger partial charge in [0, 0.05) is 37.8 Å². The van der Waals surface area contributed by atoms with E-state index in [1.165, 1.54) is 18.4 Å². The molecule has 30 heavy (non-hydrogen) atoms. The van der Waals surface area contributed by atoms with Crippen molar-refractivity contribution in [2.75, 3.05) is 36.6 Å². The summed E-state index contributed by atoms with van der Waals surface area (Å²) in [6.45, 7) is 1.93. The molecule has 2 aromatic carbocycles. The number of fused-ring (bicyclic) bond motifs is 1. The molecular weight excluding hydrogens is 372 g/mol. The molecular formula is C24H32N6. The first kappa shape index (κ1) is 20.4. The predicted octanol–water partition coefficient (Wildman–Crippen LogP) is 4.04. The fourth-order valence-corrected chi connectivity index (χ4v) is 4.28. The zero-order chi connectivity index (χ0) is 20.9. The second-order valence-corrected chi connectivity index (χ2v) is 8.52. The number of hydrogen-bond acceptors (Lipinski definition) is 6. The first-order valence-electron chi connectivity index (χ1n) is 10.8. The molecule has 4 rings (SSSR count). The number of anilines is 3. The van der Waals surface area contributed by atoms with Crippen LogP contribution >= 0.6 is 0 Å². The monoisotopic (exact) mass is 404 g/mol. The zero-order valence-electron chi connectivity index (χ0n) is 17.9. The van der Waals surface area contributed by atoms with E-state index in [2.05, 4.69) is 33.7 Å². The summed E-state index contributed by atoms with van der Waals surface area (Å²) < 4.78 is 0. The summed E-state index contributed by atoms with van der Waals surface area (Å²) in [6, 6.07) is 16.7. The summed E-state index contributed by atoms with van der Waals surface area (Å²) in [6.07, 6.45) is 4.74. The Bertz CT molecular complexity index is 978. The van der Waals surface area contributed by atoms with E-state index in [0.29, 0.717) is 6.04 Å². The summed E-state index contributed by atoms with van der Waals surface area (Å²) >= 11 is 0. The number of aromatic nitrogens is 2. The van der Waals surface area contributed by atoms with E-state index in [1.54, 1.807) is 0 Å². The second kappa shape index (κ2) is 9.30. The molecule has 1 aromatic heterocycles. The fourth-order valence-electron chi connectivity index (χ4n) is 4.28. The highest BCUT2D eigenvalue weighted by Crippen LogP contribution is 2.28. The maximum absolute atomic E-state index is 5.86. The summed E-state index contributed by atoms with van der Waals surface area (Å²) in [5.41, 5.74) is 8.92. The lowest BCUT2D eigenvalue weighted by Crippen LogP contribution is -2.31. The molecule has 1 aliphatic carbocycles. The van der Waals surface area contributed by atoms with Crippen molar-refractivity contribution in [1.29, 1.82) is 0 Å². The molecule has 1 heterocycles. The summed E-state index contributed by atoms with van der Waals surface area (Å²) in [4.78, 5) is 11.6. The Kier molecular flexibility index (Phi) is 6.33. The number of para-hydroxylation sites is 1. The minimum Gasteiger partial charge on any atom is -0.399 e. The van der Waals surface area contributed by atoms with Crippen LogP contribution in [0.5, 0.6) is 0 Å². The van der Waals surface area contributed by atoms with Gasteiger partial charge in [-0.1, -0.05) is 24.3 Å². The van der Waals surface area contributed by atoms with Gasteiger partial charge in [-0.25, -0.2) is 4.98 Å². The van der Waals surface area contributed by atoms with Crippen molar-refractivity contribution in [3.63, 3.8) is 0 Å². The molecule has 0 aliphatic heterocycles. The van der Waals surface area contributed by atoms with E-state index in [9.17, 15) is 0 Å². The van der Waals surface area contributed by atoms with E-state index in [1.807, 2.05) is 44.4 Å². The molecule has 1 saturated carbocycles. The average molecular weight is 405 g/mol. The van der Waals surface area contributed by atoms with Gasteiger partial charge in [-0.15, -0.1) is 0 Å². The molecule has 0 saturated heterocycles. The van der Waals surface area contributed by atoms with Crippen molar-refractivity contribution in [3.8, 4) is 0 Å². The smallest absolute Gasteiger partial charge is 0.225 e. The Morgan fingerprint density at radius 1 is 1.00 bits per heavy atom. The lowest BCUT2D eigenvalue weighted by molar-refractivity contribution is 0.324. The minimum absolute atomic E-state index is 0.436. The van der Waals surface area contributed by atoms with Crippen molar-refractivity contribution in [3.05, 3.63) is 54.1 Å². The number of nitrogens with two attached hydrogens (primary N) is 1. The topological polar surface area (TPSA) is 79.1 Å². The quantitative estimate of drug-likeness (QED) is 0.516. The molecule has 0 bridgehead atoms. The Morgan fingerprint density at radius 2 is 1.80 bits per heavy atom. The van der Waals surface area contributed by atoms with Gasteiger partial charge in [-0.3, -0.25) is 0 Å². The molecule has 4 N–H and O–H groups in total. The third kappa shape index (κ3) is 5.00. The van der Waals surface area contributed by atoms with Crippen LogP contribution in [0, 0.1) is 5.92 Å². The molecule has 6 heteroatoms. The number of hydrogen-bond donors (Lipinski definition) is 3. The van der Waals surface area contributed by atoms with Gasteiger partial charge in [0.1, 0.15) is 5.82 Å². The molecule has 0 amide bonds. The van der Waals surface area contributed by atoms with Crippen molar-refractivity contribution in [1.82, 2.24) is 15.3 Å². The molecule has 1 aliphatic rings. The molecule has 1 fully saturated rings. The van der Waals surface area contributed by atoms with Crippen molar-refractivity contribution in [2.24, 2.45) is 5.92 Å². The Hall–Kier alpha value is -2.86. The number of rotatable bonds is 7. The van der Waals surface area contributed by atoms with Gasteiger partial charge < -0.3 is 21.3 Å². The van der Waals surface area contributed by atoms with Gasteiger partial charge in [0.15, 0.2) is 0 Å². The van der Waals surface area contributed by atoms with E-state index in [0.717, 1.165) is 60.2 Å². The van der Waals surface area contributed by atoms with Gasteiger partial charge in [-0.2, -0.15) is 4.98 Å². The maximum Gasteiger partial charge on any atom is 0.225 e. The summed E-state index contributed by atoms with van der Waals surface area (Å²) in [5.74, 6) is 2.42. The lowest BCUT2D eigenvalue weighted by atomic mass is 9.86. The molecule has 0 radical (unpaired) electrons. The Labute approximate surface area is 178 Å². The van der Waals surface area contributed by atoms with Crippen LogP contribution in [-0.4, -0.2) is 36.6 Å². The predicted molar refractivity (Wildman–Crippen MR) is 126 cm³/mol. The van der Waals surface area contributed by atoms with Crippen LogP contribution in [0.1, 0.15) is 31.2 Å². The lowest BCUT2D eigenvalue weighted by Gasteiger charge is -2.29. The van der Waals surface area contributed by atoms with Crippen molar-refractivity contribution in [2.45, 2.75) is 38.3 Å². The van der Waals surface area contributed by atoms with Crippen LogP contribution in [0.3, 0.4) is 0 Å². The standard InChI is InChI=1S/C24H32N6/c1-30(2)23-21-8-3-4-9-22(21)28-24(29-23)27-20-12-10-17(11-13-20)15-26-16-18-6-5-7-19(25)14-18/h3-9,14,17,20,26H,10-13,15-16,25H2,1-2H3,(H,27,28,29)/t17-,20+. The van der Waals surface area contributed by atoms with E-state index in [4.69, 9.17) is 15.7 Å². The summed E-state index contributed by atoms with van der Waals surface area (Å²) in [7, 11) is 4.06. The minimum atomic E-state index is 0.436. The van der Waals surface area contributed by atoms with Gasteiger partial charge in [0.05, 0.1) is 5.52 Å². The Morgan fingerprint density at radius 3 is 2.57 bits per heavy atom. The number of nitrogen functional groups attached to an aromatic ring is 1. The Balaban J connectivity index is 1.29. The fraction of sp³-hybridized carbons (Fsp3) is 0.417. The third-order valence-electron chi connectivity index (χ3n) is 5.90. The first-order valence-corrected chi connectivity index (χ1v) is 10.8. The highest BCUT2D eigenvalue weighted by Gasteiger charge is 2.22. The van der Waals surface area contributed by atoms with Crippen LogP contribution in [0.2, 0.25) is 0 Å². The molecule has 0 atom stereocenters. The van der Waals surface area contributed by atoms with Crippen LogP contribution in [-0.2, 0) is 6.54 Å². The summed E-state index contributed by atoms with van der Waals surface area (Å²) in [5, 5.41) is 8.28. The normalized spacial score (nSPS) is 19.0. The van der Waals surface area contributed by atoms with E-state index >= 15 is 0 Å². The molecule has 0 unspecified atom stereocenters. The van der Waals surface area contributed by atoms with Crippen LogP contribution in [0.4, 0.5) is 17.5 Å². The molecule has 6 nitrogen and oxygen atoms in total. The number of nitrogens with one attached hydrogen (secondary N) is 2. The molecule has 3 aromatic rings. The van der Waals surface area contributed by atoms with Crippen molar-refractivity contribution >= 4 is 28.4 Å². The number of nitrogens with zero attached hydrogens (tertiary/aromatic N) is 3. The number of benzene rings is 2. The van der Waals surface area contributed by atoms with Crippen LogP contribution < -0.4 is 21.3 Å². The maximum atomic E-state index is 5.86. The first-order chi connectivity index (χ1) is 14.6. The highest BCUT2D eigenvalue weighted by atomic mass is 15.2. The largest absolute Gasteiger partial charge is 0.399 e. The average Bonchev–Trinajstić information content (AvgIpc) is 2.74. The highest BCUT2D eigenvalue weighted by molar-refractivity contribution is 5.90. The van der Waals surface area contributed by atoms with Crippen molar-refractivity contribution < 1.29 is 0 Å². The molecule has 0 spiro atoms. The van der Waals surface area contributed by atoms with Crippen LogP contribution in [0.25, 0.3) is 10.9 Å². The molecule has 158 valence electrons. The van der Waals surface area contributed by atoms with Gasteiger partial charge in [0.25, 0.3) is 0 Å². The van der Waals surface area contributed by atoms with E-state index < -0.39 is 0 Å². The van der Waals surface area contributed by atoms with Gasteiger partial charge in [0.2, 0.25) is 5.95 Å². The van der Waals surface area contributed by atoms with Gasteiger partial charge in [-0.05, 0) is 68.0 Å². The van der Waals surface area contributed by atoms with E-state index in [-0.39, 0.29) is 0 Å². The zero-order valence-corrected chi connectivity index (χ0v) is 17.9.